The molecule has 0 unspecified atom stereocenters. The van der Waals surface area contributed by atoms with Crippen LogP contribution in [-0.4, -0.2) is 32.8 Å². The van der Waals surface area contributed by atoms with Gasteiger partial charge in [-0.15, -0.1) is 10.2 Å². The van der Waals surface area contributed by atoms with Crippen molar-refractivity contribution >= 4 is 23.4 Å². The minimum atomic E-state index is 0.668. The van der Waals surface area contributed by atoms with E-state index >= 15 is 0 Å². The molecular weight excluding hydrogens is 432 g/mol. The molecule has 6 nitrogen and oxygen atoms in total. The second-order valence-electron chi connectivity index (χ2n) is 8.47. The van der Waals surface area contributed by atoms with Gasteiger partial charge in [-0.25, -0.2) is 0 Å². The Hall–Kier alpha value is -3.29. The van der Waals surface area contributed by atoms with Gasteiger partial charge < -0.3 is 13.7 Å². The van der Waals surface area contributed by atoms with Gasteiger partial charge in [-0.1, -0.05) is 36.4 Å². The number of hydrogen-bond acceptors (Lipinski definition) is 6. The van der Waals surface area contributed by atoms with Crippen molar-refractivity contribution in [3.8, 4) is 5.75 Å². The van der Waals surface area contributed by atoms with Crippen LogP contribution in [0, 0.1) is 0 Å². The van der Waals surface area contributed by atoms with Crippen molar-refractivity contribution in [3.63, 3.8) is 0 Å². The van der Waals surface area contributed by atoms with Crippen LogP contribution in [0.5, 0.6) is 5.75 Å². The number of rotatable bonds is 5. The average molecular weight is 457 g/mol. The van der Waals surface area contributed by atoms with E-state index in [9.17, 15) is 0 Å². The Morgan fingerprint density at radius 2 is 2.00 bits per heavy atom. The number of hydrogen-bond donors (Lipinski definition) is 0. The fraction of sp³-hybridized carbons (Fsp3) is 0.231. The van der Waals surface area contributed by atoms with E-state index in [-0.39, 0.29) is 0 Å². The van der Waals surface area contributed by atoms with Crippen LogP contribution in [-0.2, 0) is 26.6 Å². The van der Waals surface area contributed by atoms with Crippen molar-refractivity contribution in [2.24, 2.45) is 7.05 Å². The molecule has 33 heavy (non-hydrogen) atoms. The number of aryl methyl sites for hydroxylation is 1. The highest BCUT2D eigenvalue weighted by atomic mass is 32.2. The first kappa shape index (κ1) is 20.3. The smallest absolute Gasteiger partial charge is 0.198 e. The van der Waals surface area contributed by atoms with Gasteiger partial charge in [-0.3, -0.25) is 4.90 Å². The lowest BCUT2D eigenvalue weighted by molar-refractivity contribution is 0.203. The monoisotopic (exact) mass is 456 g/mol. The maximum absolute atomic E-state index is 6.07. The van der Waals surface area contributed by atoms with Gasteiger partial charge in [-0.2, -0.15) is 0 Å². The summed E-state index contributed by atoms with van der Waals surface area (Å²) in [7, 11) is 1.93. The molecule has 0 saturated heterocycles. The van der Waals surface area contributed by atoms with Crippen molar-refractivity contribution in [3.05, 3.63) is 88.9 Å². The number of aromatic nitrogens is 3. The van der Waals surface area contributed by atoms with E-state index in [2.05, 4.69) is 63.6 Å². The topological polar surface area (TPSA) is 56.3 Å². The number of allylic oxidation sites excluding steroid dienone is 1. The van der Waals surface area contributed by atoms with Gasteiger partial charge in [-0.05, 0) is 64.7 Å². The van der Waals surface area contributed by atoms with Gasteiger partial charge in [0.1, 0.15) is 24.4 Å². The molecule has 7 heteroatoms. The number of ether oxygens (including phenoxy) is 1. The third kappa shape index (κ3) is 4.21. The van der Waals surface area contributed by atoms with Gasteiger partial charge in [0.05, 0.1) is 6.54 Å². The van der Waals surface area contributed by atoms with E-state index in [4.69, 9.17) is 9.15 Å². The zero-order valence-corrected chi connectivity index (χ0v) is 19.2. The van der Waals surface area contributed by atoms with Gasteiger partial charge >= 0.3 is 0 Å². The highest BCUT2D eigenvalue weighted by molar-refractivity contribution is 7.99. The normalized spacial score (nSPS) is 15.5. The second kappa shape index (κ2) is 8.57. The molecule has 2 aromatic carbocycles. The Balaban J connectivity index is 1.17. The first-order chi connectivity index (χ1) is 16.2. The van der Waals surface area contributed by atoms with Gasteiger partial charge in [0, 0.05) is 25.7 Å². The summed E-state index contributed by atoms with van der Waals surface area (Å²) in [6.45, 7) is 3.09. The molecule has 0 bridgehead atoms. The molecule has 0 atom stereocenters. The van der Waals surface area contributed by atoms with Crippen LogP contribution in [0.15, 0.2) is 75.6 Å². The number of benzene rings is 2. The van der Waals surface area contributed by atoms with Crippen molar-refractivity contribution < 1.29 is 9.15 Å². The van der Waals surface area contributed by atoms with Crippen molar-refractivity contribution in [1.29, 1.82) is 0 Å². The lowest BCUT2D eigenvalue weighted by atomic mass is 10.0. The van der Waals surface area contributed by atoms with Crippen LogP contribution in [0.2, 0.25) is 0 Å². The first-order valence-electron chi connectivity index (χ1n) is 11.1. The van der Waals surface area contributed by atoms with Gasteiger partial charge in [0.25, 0.3) is 0 Å². The summed E-state index contributed by atoms with van der Waals surface area (Å²) >= 11 is 1.48. The largest absolute Gasteiger partial charge is 0.492 e. The van der Waals surface area contributed by atoms with E-state index in [0.717, 1.165) is 47.8 Å². The molecule has 1 aliphatic carbocycles. The summed E-state index contributed by atoms with van der Waals surface area (Å²) in [5.74, 6) is 1.92. The maximum Gasteiger partial charge on any atom is 0.198 e. The molecule has 166 valence electrons. The number of nitrogens with zero attached hydrogens (tertiary/aromatic N) is 4. The predicted octanol–water partition coefficient (Wildman–Crippen LogP) is 5.05. The van der Waals surface area contributed by atoms with Crippen LogP contribution >= 0.6 is 11.8 Å². The van der Waals surface area contributed by atoms with Gasteiger partial charge in [0.15, 0.2) is 10.2 Å². The third-order valence-corrected chi connectivity index (χ3v) is 7.11. The molecule has 0 fully saturated rings. The Morgan fingerprint density at radius 3 is 2.88 bits per heavy atom. The lowest BCUT2D eigenvalue weighted by Gasteiger charge is -2.18. The fourth-order valence-electron chi connectivity index (χ4n) is 4.42. The predicted molar refractivity (Wildman–Crippen MR) is 128 cm³/mol. The van der Waals surface area contributed by atoms with Crippen molar-refractivity contribution in [2.45, 2.75) is 29.8 Å². The van der Waals surface area contributed by atoms with Crippen LogP contribution in [0.1, 0.15) is 28.0 Å². The Morgan fingerprint density at radius 1 is 1.06 bits per heavy atom. The van der Waals surface area contributed by atoms with Crippen LogP contribution in [0.4, 0.5) is 0 Å². The van der Waals surface area contributed by atoms with E-state index in [1.165, 1.54) is 39.6 Å². The minimum Gasteiger partial charge on any atom is -0.492 e. The highest BCUT2D eigenvalue weighted by Gasteiger charge is 2.20. The molecule has 4 aromatic rings. The summed E-state index contributed by atoms with van der Waals surface area (Å²) in [6.07, 6.45) is 4.98. The standard InChI is InChI=1S/C26H24N4O2S/c1-29-17-27-28-26(29)33-25-9-7-23(32-25)16-30-10-11-31-24-8-6-20(14-22(24)15-30)21-12-18-4-2-3-5-19(18)13-21/h2-9,12,14,17H,10-11,13,15-16H2,1H3. The quantitative estimate of drug-likeness (QED) is 0.419. The first-order valence-corrected chi connectivity index (χ1v) is 11.9. The molecule has 0 spiro atoms. The number of furan rings is 1. The summed E-state index contributed by atoms with van der Waals surface area (Å²) in [6, 6.07) is 19.3. The summed E-state index contributed by atoms with van der Waals surface area (Å²) < 4.78 is 14.0. The summed E-state index contributed by atoms with van der Waals surface area (Å²) in [4.78, 5) is 2.38. The number of fused-ring (bicyclic) bond motifs is 2. The van der Waals surface area contributed by atoms with E-state index in [1.807, 2.05) is 23.7 Å². The third-order valence-electron chi connectivity index (χ3n) is 6.13. The highest BCUT2D eigenvalue weighted by Crippen LogP contribution is 2.35. The van der Waals surface area contributed by atoms with E-state index < -0.39 is 0 Å². The van der Waals surface area contributed by atoms with E-state index in [1.54, 1.807) is 6.33 Å². The van der Waals surface area contributed by atoms with Crippen LogP contribution in [0.3, 0.4) is 0 Å². The molecule has 0 saturated carbocycles. The second-order valence-corrected chi connectivity index (χ2v) is 9.45. The van der Waals surface area contributed by atoms with Gasteiger partial charge in [0.2, 0.25) is 0 Å². The fourth-order valence-corrected chi connectivity index (χ4v) is 5.17. The molecule has 2 aromatic heterocycles. The maximum atomic E-state index is 6.07. The average Bonchev–Trinajstić information content (AvgIpc) is 3.52. The Labute approximate surface area is 196 Å². The summed E-state index contributed by atoms with van der Waals surface area (Å²) in [5, 5.41) is 9.66. The molecular formula is C26H24N4O2S. The molecule has 6 rings (SSSR count). The SMILES string of the molecule is Cn1cnnc1Sc1ccc(CN2CCOc3ccc(C4=Cc5ccccc5C4)cc3C2)o1. The van der Waals surface area contributed by atoms with Crippen LogP contribution < -0.4 is 4.74 Å². The zero-order valence-electron chi connectivity index (χ0n) is 18.4. The van der Waals surface area contributed by atoms with Crippen molar-refractivity contribution in [1.82, 2.24) is 19.7 Å². The van der Waals surface area contributed by atoms with Crippen molar-refractivity contribution in [2.75, 3.05) is 13.2 Å². The Bertz CT molecular complexity index is 1340. The Kier molecular flexibility index (Phi) is 5.28. The molecule has 0 radical (unpaired) electrons. The molecule has 0 amide bonds. The zero-order chi connectivity index (χ0) is 22.2. The van der Waals surface area contributed by atoms with Crippen LogP contribution in [0.25, 0.3) is 11.6 Å². The lowest BCUT2D eigenvalue weighted by Crippen LogP contribution is -2.25. The van der Waals surface area contributed by atoms with E-state index in [0.29, 0.717) is 6.61 Å². The molecule has 3 heterocycles. The summed E-state index contributed by atoms with van der Waals surface area (Å²) in [5.41, 5.74) is 6.59. The molecule has 2 aliphatic rings. The minimum absolute atomic E-state index is 0.668. The molecule has 0 N–H and O–H groups in total. The molecule has 1 aliphatic heterocycles.